The lowest BCUT2D eigenvalue weighted by molar-refractivity contribution is 0.0330. The van der Waals surface area contributed by atoms with Gasteiger partial charge in [-0.3, -0.25) is 0 Å². The molecule has 0 saturated carbocycles. The van der Waals surface area contributed by atoms with E-state index >= 15 is 0 Å². The average molecular weight is 270 g/mol. The summed E-state index contributed by atoms with van der Waals surface area (Å²) in [5, 5.41) is 14.0. The highest BCUT2D eigenvalue weighted by atomic mass is 16.5. The van der Waals surface area contributed by atoms with E-state index in [4.69, 9.17) is 14.9 Å². The van der Waals surface area contributed by atoms with E-state index in [9.17, 15) is 0 Å². The monoisotopic (exact) mass is 270 g/mol. The zero-order valence-corrected chi connectivity index (χ0v) is 12.5. The first-order chi connectivity index (χ1) is 9.15. The Kier molecular flexibility index (Phi) is 13.8. The van der Waals surface area contributed by atoms with Gasteiger partial charge >= 0.3 is 0 Å². The van der Waals surface area contributed by atoms with Crippen LogP contribution in [0.4, 0.5) is 0 Å². The van der Waals surface area contributed by atoms with Gasteiger partial charge in [-0.05, 0) is 18.4 Å². The molecule has 0 spiro atoms. The highest BCUT2D eigenvalue weighted by Crippen LogP contribution is 2.22. The maximum atomic E-state index is 7.00. The fourth-order valence-corrected chi connectivity index (χ4v) is 1.29. The summed E-state index contributed by atoms with van der Waals surface area (Å²) in [5.74, 6) is 1.10. The summed E-state index contributed by atoms with van der Waals surface area (Å²) in [6.45, 7) is 10.3. The van der Waals surface area contributed by atoms with Gasteiger partial charge in [0.2, 0.25) is 0 Å². The summed E-state index contributed by atoms with van der Waals surface area (Å²) < 4.78 is 5.64. The molecule has 0 aliphatic rings. The second-order valence-corrected chi connectivity index (χ2v) is 3.91. The number of ether oxygens (including phenoxy) is 1. The molecule has 0 aliphatic carbocycles. The molecule has 0 fully saturated rings. The first-order valence-corrected chi connectivity index (χ1v) is 6.05. The molecule has 0 amide bonds. The summed E-state index contributed by atoms with van der Waals surface area (Å²) in [4.78, 5) is 8.56. The van der Waals surface area contributed by atoms with Gasteiger partial charge in [-0.2, -0.15) is 0 Å². The molecule has 0 aromatic carbocycles. The van der Waals surface area contributed by atoms with Crippen LogP contribution in [-0.2, 0) is 4.74 Å². The smallest absolute Gasteiger partial charge is 0.157 e. The van der Waals surface area contributed by atoms with Crippen LogP contribution in [0.5, 0.6) is 0 Å². The molecule has 5 heteroatoms. The Balaban J connectivity index is 0. The maximum absolute atomic E-state index is 7.00. The average Bonchev–Trinajstić information content (AvgIpc) is 2.45. The van der Waals surface area contributed by atoms with E-state index in [2.05, 4.69) is 30.4 Å². The van der Waals surface area contributed by atoms with Crippen LogP contribution in [0.3, 0.4) is 0 Å². The molecule has 1 heterocycles. The van der Waals surface area contributed by atoms with Crippen LogP contribution in [0.15, 0.2) is 25.0 Å². The normalized spacial score (nSPS) is 10.7. The third-order valence-corrected chi connectivity index (χ3v) is 2.05. The Morgan fingerprint density at radius 3 is 2.05 bits per heavy atom. The SMILES string of the molecule is C=CCO[C@@H](c1ncc(C)cn1)C(C)C.CO.CO. The predicted octanol–water partition coefficient (Wildman–Crippen LogP) is 1.90. The van der Waals surface area contributed by atoms with Crippen LogP contribution < -0.4 is 0 Å². The molecular weight excluding hydrogens is 244 g/mol. The molecule has 0 saturated heterocycles. The van der Waals surface area contributed by atoms with Crippen molar-refractivity contribution < 1.29 is 14.9 Å². The molecule has 110 valence electrons. The number of aliphatic hydroxyl groups excluding tert-OH is 2. The fourth-order valence-electron chi connectivity index (χ4n) is 1.29. The largest absolute Gasteiger partial charge is 0.400 e. The number of aryl methyl sites for hydroxylation is 1. The Bertz CT molecular complexity index is 313. The lowest BCUT2D eigenvalue weighted by Crippen LogP contribution is -2.14. The number of aliphatic hydroxyl groups is 2. The van der Waals surface area contributed by atoms with Crippen LogP contribution in [0.2, 0.25) is 0 Å². The molecule has 0 unspecified atom stereocenters. The summed E-state index contributed by atoms with van der Waals surface area (Å²) in [6, 6.07) is 0. The van der Waals surface area contributed by atoms with Gasteiger partial charge in [0.1, 0.15) is 6.10 Å². The predicted molar refractivity (Wildman–Crippen MR) is 76.8 cm³/mol. The van der Waals surface area contributed by atoms with Crippen molar-refractivity contribution in [1.29, 1.82) is 0 Å². The molecule has 1 aromatic rings. The van der Waals surface area contributed by atoms with E-state index in [0.717, 1.165) is 25.6 Å². The molecule has 0 aliphatic heterocycles. The Morgan fingerprint density at radius 1 is 1.21 bits per heavy atom. The van der Waals surface area contributed by atoms with Gasteiger partial charge in [0, 0.05) is 26.6 Å². The number of hydrogen-bond acceptors (Lipinski definition) is 5. The van der Waals surface area contributed by atoms with Crippen LogP contribution in [0.1, 0.15) is 31.3 Å². The molecular formula is C14H26N2O3. The van der Waals surface area contributed by atoms with Crippen molar-refractivity contribution in [2.75, 3.05) is 20.8 Å². The summed E-state index contributed by atoms with van der Waals surface area (Å²) in [7, 11) is 2.00. The van der Waals surface area contributed by atoms with E-state index in [-0.39, 0.29) is 6.10 Å². The molecule has 5 nitrogen and oxygen atoms in total. The number of nitrogens with zero attached hydrogens (tertiary/aromatic N) is 2. The van der Waals surface area contributed by atoms with Gasteiger partial charge in [-0.15, -0.1) is 6.58 Å². The number of rotatable bonds is 5. The molecule has 0 bridgehead atoms. The third-order valence-electron chi connectivity index (χ3n) is 2.05. The molecule has 19 heavy (non-hydrogen) atoms. The minimum Gasteiger partial charge on any atom is -0.400 e. The van der Waals surface area contributed by atoms with Crippen molar-refractivity contribution in [3.8, 4) is 0 Å². The van der Waals surface area contributed by atoms with Gasteiger partial charge in [-0.25, -0.2) is 9.97 Å². The lowest BCUT2D eigenvalue weighted by atomic mass is 10.1. The van der Waals surface area contributed by atoms with E-state index in [1.807, 2.05) is 19.3 Å². The van der Waals surface area contributed by atoms with Crippen LogP contribution in [-0.4, -0.2) is 41.0 Å². The zero-order chi connectivity index (χ0) is 15.3. The third kappa shape index (κ3) is 8.42. The van der Waals surface area contributed by atoms with E-state index in [0.29, 0.717) is 12.5 Å². The fraction of sp³-hybridized carbons (Fsp3) is 0.571. The van der Waals surface area contributed by atoms with Crippen molar-refractivity contribution in [1.82, 2.24) is 9.97 Å². The molecule has 1 atom stereocenters. The first kappa shape index (κ1) is 20.0. The summed E-state index contributed by atoms with van der Waals surface area (Å²) in [6.07, 6.45) is 5.32. The minimum absolute atomic E-state index is 0.0522. The van der Waals surface area contributed by atoms with Crippen LogP contribution >= 0.6 is 0 Å². The standard InChI is InChI=1S/C12H18N2O.2CH4O/c1-5-6-15-11(9(2)3)12-13-7-10(4)8-14-12;2*1-2/h5,7-9,11H,1,6H2,2-4H3;2*2H,1H3/t11-;;/m1../s1. The summed E-state index contributed by atoms with van der Waals surface area (Å²) in [5.41, 5.74) is 1.06. The maximum Gasteiger partial charge on any atom is 0.157 e. The van der Waals surface area contributed by atoms with Crippen LogP contribution in [0, 0.1) is 12.8 Å². The van der Waals surface area contributed by atoms with Gasteiger partial charge in [-0.1, -0.05) is 19.9 Å². The Hall–Kier alpha value is -1.30. The highest BCUT2D eigenvalue weighted by Gasteiger charge is 2.18. The Morgan fingerprint density at radius 2 is 1.68 bits per heavy atom. The van der Waals surface area contributed by atoms with Gasteiger partial charge in [0.25, 0.3) is 0 Å². The van der Waals surface area contributed by atoms with Crippen molar-refractivity contribution in [2.24, 2.45) is 5.92 Å². The van der Waals surface area contributed by atoms with E-state index in [1.54, 1.807) is 6.08 Å². The van der Waals surface area contributed by atoms with Gasteiger partial charge < -0.3 is 14.9 Å². The van der Waals surface area contributed by atoms with Gasteiger partial charge in [0.05, 0.1) is 6.61 Å². The van der Waals surface area contributed by atoms with Crippen molar-refractivity contribution in [3.63, 3.8) is 0 Å². The van der Waals surface area contributed by atoms with Crippen LogP contribution in [0.25, 0.3) is 0 Å². The molecule has 0 radical (unpaired) electrons. The molecule has 1 aromatic heterocycles. The lowest BCUT2D eigenvalue weighted by Gasteiger charge is -2.19. The van der Waals surface area contributed by atoms with Crippen molar-refractivity contribution >= 4 is 0 Å². The van der Waals surface area contributed by atoms with Crippen molar-refractivity contribution in [3.05, 3.63) is 36.4 Å². The Labute approximate surface area is 116 Å². The summed E-state index contributed by atoms with van der Waals surface area (Å²) >= 11 is 0. The first-order valence-electron chi connectivity index (χ1n) is 6.05. The molecule has 1 rings (SSSR count). The van der Waals surface area contributed by atoms with Crippen molar-refractivity contribution in [2.45, 2.75) is 26.9 Å². The zero-order valence-electron chi connectivity index (χ0n) is 12.5. The van der Waals surface area contributed by atoms with E-state index in [1.165, 1.54) is 0 Å². The second kappa shape index (κ2) is 13.1. The number of aromatic nitrogens is 2. The van der Waals surface area contributed by atoms with Gasteiger partial charge in [0.15, 0.2) is 5.82 Å². The highest BCUT2D eigenvalue weighted by molar-refractivity contribution is 5.04. The quantitative estimate of drug-likeness (QED) is 0.799. The minimum atomic E-state index is -0.0522. The number of hydrogen-bond donors (Lipinski definition) is 2. The second-order valence-electron chi connectivity index (χ2n) is 3.91. The topological polar surface area (TPSA) is 75.5 Å². The molecule has 2 N–H and O–H groups in total. The van der Waals surface area contributed by atoms with E-state index < -0.39 is 0 Å².